The van der Waals surface area contributed by atoms with E-state index in [1.54, 1.807) is 12.0 Å². The molecule has 144 valence electrons. The second kappa shape index (κ2) is 7.82. The minimum absolute atomic E-state index is 0.0494. The number of rotatable bonds is 6. The number of aryl methyl sites for hydroxylation is 2. The number of amides is 1. The summed E-state index contributed by atoms with van der Waals surface area (Å²) in [6.45, 7) is 4.29. The zero-order chi connectivity index (χ0) is 19.6. The molecule has 1 amide bonds. The molecule has 1 saturated heterocycles. The van der Waals surface area contributed by atoms with Crippen LogP contribution in [0.2, 0.25) is 0 Å². The summed E-state index contributed by atoms with van der Waals surface area (Å²) in [5.41, 5.74) is 2.61. The molecule has 0 radical (unpaired) electrons. The molecule has 2 atom stereocenters. The molecule has 1 aliphatic heterocycles. The lowest BCUT2D eigenvalue weighted by atomic mass is 9.89. The van der Waals surface area contributed by atoms with E-state index >= 15 is 0 Å². The molecular formula is C20H24N2O5. The van der Waals surface area contributed by atoms with Gasteiger partial charge in [0.1, 0.15) is 11.5 Å². The molecule has 1 N–H and O–H groups in total. The molecule has 1 aromatic heterocycles. The van der Waals surface area contributed by atoms with Gasteiger partial charge >= 0.3 is 5.97 Å². The fourth-order valence-corrected chi connectivity index (χ4v) is 3.72. The quantitative estimate of drug-likeness (QED) is 0.838. The summed E-state index contributed by atoms with van der Waals surface area (Å²) < 4.78 is 10.4. The van der Waals surface area contributed by atoms with Crippen molar-refractivity contribution >= 4 is 11.9 Å². The normalized spacial score (nSPS) is 19.3. The van der Waals surface area contributed by atoms with Crippen LogP contribution in [0.25, 0.3) is 0 Å². The molecule has 3 rings (SSSR count). The number of nitrogens with zero attached hydrogens (tertiary/aromatic N) is 2. The Morgan fingerprint density at radius 2 is 2.11 bits per heavy atom. The van der Waals surface area contributed by atoms with Crippen LogP contribution in [0.1, 0.15) is 34.9 Å². The number of aromatic nitrogens is 1. The molecule has 27 heavy (non-hydrogen) atoms. The van der Waals surface area contributed by atoms with Crippen molar-refractivity contribution in [1.29, 1.82) is 0 Å². The predicted octanol–water partition coefficient (Wildman–Crippen LogP) is 2.56. The highest BCUT2D eigenvalue weighted by molar-refractivity contribution is 5.80. The Balaban J connectivity index is 1.72. The SMILES string of the molecule is COc1cccc([C@@H]2CN(C(=O)CCc3c(C)noc3C)C[C@H]2C(=O)O)c1. The molecule has 0 unspecified atom stereocenters. The van der Waals surface area contributed by atoms with Crippen molar-refractivity contribution in [3.63, 3.8) is 0 Å². The van der Waals surface area contributed by atoms with E-state index in [1.807, 2.05) is 38.1 Å². The summed E-state index contributed by atoms with van der Waals surface area (Å²) in [6.07, 6.45) is 0.845. The molecule has 7 heteroatoms. The third-order valence-corrected chi connectivity index (χ3v) is 5.28. The maximum Gasteiger partial charge on any atom is 0.308 e. The van der Waals surface area contributed by atoms with Gasteiger partial charge in [0, 0.05) is 31.0 Å². The van der Waals surface area contributed by atoms with Gasteiger partial charge in [0.25, 0.3) is 0 Å². The van der Waals surface area contributed by atoms with Crippen molar-refractivity contribution < 1.29 is 24.0 Å². The Morgan fingerprint density at radius 3 is 2.74 bits per heavy atom. The standard InChI is InChI=1S/C20H24N2O5/c1-12-16(13(2)27-21-12)7-8-19(23)22-10-17(18(11-22)20(24)25)14-5-4-6-15(9-14)26-3/h4-6,9,17-18H,7-8,10-11H2,1-3H3,(H,24,25)/t17-,18+/m0/s1. The number of carboxylic acids is 1. The van der Waals surface area contributed by atoms with Crippen molar-refractivity contribution in [2.45, 2.75) is 32.6 Å². The van der Waals surface area contributed by atoms with Crippen LogP contribution in [0.15, 0.2) is 28.8 Å². The molecule has 7 nitrogen and oxygen atoms in total. The van der Waals surface area contributed by atoms with E-state index in [0.717, 1.165) is 22.6 Å². The lowest BCUT2D eigenvalue weighted by Crippen LogP contribution is -2.30. The Morgan fingerprint density at radius 1 is 1.33 bits per heavy atom. The minimum Gasteiger partial charge on any atom is -0.497 e. The number of ether oxygens (including phenoxy) is 1. The average Bonchev–Trinajstić information content (AvgIpc) is 3.24. The first-order chi connectivity index (χ1) is 12.9. The van der Waals surface area contributed by atoms with Crippen molar-refractivity contribution in [3.05, 3.63) is 46.8 Å². The number of carboxylic acid groups (broad SMARTS) is 1. The van der Waals surface area contributed by atoms with Gasteiger partial charge in [0.05, 0.1) is 18.7 Å². The zero-order valence-corrected chi connectivity index (χ0v) is 15.8. The summed E-state index contributed by atoms with van der Waals surface area (Å²) in [7, 11) is 1.58. The highest BCUT2D eigenvalue weighted by atomic mass is 16.5. The Kier molecular flexibility index (Phi) is 5.48. The number of carbonyl (C=O) groups is 2. The molecule has 2 aromatic rings. The predicted molar refractivity (Wildman–Crippen MR) is 97.7 cm³/mol. The lowest BCUT2D eigenvalue weighted by Gasteiger charge is -2.17. The molecule has 0 aliphatic carbocycles. The van der Waals surface area contributed by atoms with Crippen LogP contribution in [-0.2, 0) is 16.0 Å². The van der Waals surface area contributed by atoms with Crippen LogP contribution in [-0.4, -0.2) is 47.2 Å². The van der Waals surface area contributed by atoms with Gasteiger partial charge in [-0.3, -0.25) is 9.59 Å². The van der Waals surface area contributed by atoms with Gasteiger partial charge in [-0.1, -0.05) is 17.3 Å². The van der Waals surface area contributed by atoms with Gasteiger partial charge in [0.2, 0.25) is 5.91 Å². The number of hydrogen-bond acceptors (Lipinski definition) is 5. The number of methoxy groups -OCH3 is 1. The lowest BCUT2D eigenvalue weighted by molar-refractivity contribution is -0.141. The van der Waals surface area contributed by atoms with Crippen molar-refractivity contribution in [2.24, 2.45) is 5.92 Å². The van der Waals surface area contributed by atoms with E-state index in [0.29, 0.717) is 25.1 Å². The number of hydrogen-bond donors (Lipinski definition) is 1. The zero-order valence-electron chi connectivity index (χ0n) is 15.8. The Bertz CT molecular complexity index is 825. The maximum atomic E-state index is 12.7. The van der Waals surface area contributed by atoms with Crippen LogP contribution < -0.4 is 4.74 Å². The van der Waals surface area contributed by atoms with Crippen LogP contribution in [0.4, 0.5) is 0 Å². The topological polar surface area (TPSA) is 92.9 Å². The highest BCUT2D eigenvalue weighted by Gasteiger charge is 2.40. The summed E-state index contributed by atoms with van der Waals surface area (Å²) in [6, 6.07) is 7.40. The largest absolute Gasteiger partial charge is 0.497 e. The molecule has 1 aromatic carbocycles. The summed E-state index contributed by atoms with van der Waals surface area (Å²) in [4.78, 5) is 26.1. The molecule has 0 saturated carbocycles. The first kappa shape index (κ1) is 18.9. The fourth-order valence-electron chi connectivity index (χ4n) is 3.72. The van der Waals surface area contributed by atoms with Crippen molar-refractivity contribution in [1.82, 2.24) is 10.1 Å². The smallest absolute Gasteiger partial charge is 0.308 e. The van der Waals surface area contributed by atoms with Crippen LogP contribution in [0.5, 0.6) is 5.75 Å². The minimum atomic E-state index is -0.885. The number of carbonyl (C=O) groups excluding carboxylic acids is 1. The maximum absolute atomic E-state index is 12.7. The Labute approximate surface area is 157 Å². The fraction of sp³-hybridized carbons (Fsp3) is 0.450. The van der Waals surface area contributed by atoms with Gasteiger partial charge in [0.15, 0.2) is 0 Å². The molecule has 0 bridgehead atoms. The Hall–Kier alpha value is -2.83. The molecule has 2 heterocycles. The van der Waals surface area contributed by atoms with Crippen LogP contribution in [0.3, 0.4) is 0 Å². The van der Waals surface area contributed by atoms with E-state index < -0.39 is 11.9 Å². The molecule has 0 spiro atoms. The van der Waals surface area contributed by atoms with E-state index in [4.69, 9.17) is 9.26 Å². The monoisotopic (exact) mass is 372 g/mol. The molecule has 1 fully saturated rings. The third kappa shape index (κ3) is 3.97. The van der Waals surface area contributed by atoms with Gasteiger partial charge in [-0.2, -0.15) is 0 Å². The van der Waals surface area contributed by atoms with Gasteiger partial charge < -0.3 is 19.3 Å². The van der Waals surface area contributed by atoms with Gasteiger partial charge in [-0.05, 0) is 38.0 Å². The summed E-state index contributed by atoms with van der Waals surface area (Å²) in [5, 5.41) is 13.5. The highest BCUT2D eigenvalue weighted by Crippen LogP contribution is 2.34. The summed E-state index contributed by atoms with van der Waals surface area (Å²) in [5.74, 6) is -0.407. The average molecular weight is 372 g/mol. The van der Waals surface area contributed by atoms with Gasteiger partial charge in [-0.15, -0.1) is 0 Å². The van der Waals surface area contributed by atoms with E-state index in [-0.39, 0.29) is 18.4 Å². The summed E-state index contributed by atoms with van der Waals surface area (Å²) >= 11 is 0. The number of likely N-dealkylation sites (tertiary alicyclic amines) is 1. The number of benzene rings is 1. The molecular weight excluding hydrogens is 348 g/mol. The van der Waals surface area contributed by atoms with Crippen molar-refractivity contribution in [2.75, 3.05) is 20.2 Å². The van der Waals surface area contributed by atoms with E-state index in [9.17, 15) is 14.7 Å². The second-order valence-corrected chi connectivity index (χ2v) is 6.93. The first-order valence-corrected chi connectivity index (χ1v) is 8.97. The van der Waals surface area contributed by atoms with E-state index in [1.165, 1.54) is 0 Å². The van der Waals surface area contributed by atoms with Crippen molar-refractivity contribution in [3.8, 4) is 5.75 Å². The van der Waals surface area contributed by atoms with E-state index in [2.05, 4.69) is 5.16 Å². The number of aliphatic carboxylic acids is 1. The third-order valence-electron chi connectivity index (χ3n) is 5.28. The van der Waals surface area contributed by atoms with Crippen LogP contribution >= 0.6 is 0 Å². The van der Waals surface area contributed by atoms with Gasteiger partial charge in [-0.25, -0.2) is 0 Å². The van der Waals surface area contributed by atoms with Crippen LogP contribution in [0, 0.1) is 19.8 Å². The first-order valence-electron chi connectivity index (χ1n) is 8.97. The second-order valence-electron chi connectivity index (χ2n) is 6.93. The molecule has 1 aliphatic rings.